The molecule has 1 heterocycles. The Morgan fingerprint density at radius 1 is 1.18 bits per heavy atom. The van der Waals surface area contributed by atoms with E-state index in [1.54, 1.807) is 7.11 Å². The van der Waals surface area contributed by atoms with E-state index in [9.17, 15) is 4.79 Å². The minimum absolute atomic E-state index is 0.0536. The largest absolute Gasteiger partial charge is 0.497 e. The van der Waals surface area contributed by atoms with Gasteiger partial charge in [0.25, 0.3) is 0 Å². The van der Waals surface area contributed by atoms with Crippen molar-refractivity contribution < 1.29 is 14.3 Å². The molecule has 1 amide bonds. The number of rotatable bonds is 5. The third kappa shape index (κ3) is 4.13. The summed E-state index contributed by atoms with van der Waals surface area (Å²) in [6, 6.07) is 7.18. The summed E-state index contributed by atoms with van der Waals surface area (Å²) in [5.74, 6) is 1.87. The summed E-state index contributed by atoms with van der Waals surface area (Å²) in [4.78, 5) is 14.1. The molecule has 0 unspecified atom stereocenters. The number of carbonyl (C=O) groups excluding carboxylic acids is 1. The summed E-state index contributed by atoms with van der Waals surface area (Å²) in [6.45, 7) is 5.37. The molecule has 1 saturated heterocycles. The third-order valence-corrected chi connectivity index (χ3v) is 4.12. The summed E-state index contributed by atoms with van der Waals surface area (Å²) < 4.78 is 11.1. The van der Waals surface area contributed by atoms with E-state index in [-0.39, 0.29) is 17.9 Å². The molecule has 122 valence electrons. The van der Waals surface area contributed by atoms with Crippen LogP contribution in [0.1, 0.15) is 26.7 Å². The van der Waals surface area contributed by atoms with Crippen molar-refractivity contribution in [3.05, 3.63) is 24.3 Å². The molecule has 1 aliphatic heterocycles. The topological polar surface area (TPSA) is 64.8 Å². The van der Waals surface area contributed by atoms with Crippen molar-refractivity contribution in [3.8, 4) is 11.5 Å². The fraction of sp³-hybridized carbons (Fsp3) is 0.588. The summed E-state index contributed by atoms with van der Waals surface area (Å²) in [7, 11) is 1.64. The quantitative estimate of drug-likeness (QED) is 0.904. The molecule has 2 rings (SSSR count). The lowest BCUT2D eigenvalue weighted by atomic mass is 10.0. The molecular weight excluding hydrogens is 280 g/mol. The minimum atomic E-state index is -0.404. The predicted octanol–water partition coefficient (Wildman–Crippen LogP) is 2.05. The van der Waals surface area contributed by atoms with Crippen molar-refractivity contribution in [2.45, 2.75) is 38.8 Å². The maximum Gasteiger partial charge on any atom is 0.239 e. The van der Waals surface area contributed by atoms with Crippen LogP contribution in [0.25, 0.3) is 0 Å². The Kier molecular flexibility index (Phi) is 5.66. The van der Waals surface area contributed by atoms with Gasteiger partial charge in [0.2, 0.25) is 5.91 Å². The zero-order valence-corrected chi connectivity index (χ0v) is 13.6. The molecule has 22 heavy (non-hydrogen) atoms. The maximum absolute atomic E-state index is 12.2. The SMILES string of the molecule is COc1ccc(OC2CCN(C(=O)[C@@H](N)C(C)C)CC2)cc1. The van der Waals surface area contributed by atoms with Crippen molar-refractivity contribution in [2.75, 3.05) is 20.2 Å². The molecule has 1 aliphatic rings. The number of ether oxygens (including phenoxy) is 2. The molecule has 1 aromatic rings. The molecular formula is C17H26N2O3. The van der Waals surface area contributed by atoms with E-state index < -0.39 is 6.04 Å². The van der Waals surface area contributed by atoms with Crippen molar-refractivity contribution >= 4 is 5.91 Å². The molecule has 0 radical (unpaired) electrons. The number of benzene rings is 1. The maximum atomic E-state index is 12.2. The van der Waals surface area contributed by atoms with Crippen LogP contribution in [0.5, 0.6) is 11.5 Å². The highest BCUT2D eigenvalue weighted by Crippen LogP contribution is 2.22. The van der Waals surface area contributed by atoms with Crippen LogP contribution in [0.4, 0.5) is 0 Å². The fourth-order valence-electron chi connectivity index (χ4n) is 2.54. The van der Waals surface area contributed by atoms with Crippen LogP contribution in [-0.4, -0.2) is 43.2 Å². The number of hydrogen-bond donors (Lipinski definition) is 1. The van der Waals surface area contributed by atoms with Gasteiger partial charge in [0, 0.05) is 25.9 Å². The number of hydrogen-bond acceptors (Lipinski definition) is 4. The smallest absolute Gasteiger partial charge is 0.239 e. The van der Waals surface area contributed by atoms with Crippen LogP contribution >= 0.6 is 0 Å². The number of nitrogens with two attached hydrogens (primary N) is 1. The Balaban J connectivity index is 1.82. The van der Waals surface area contributed by atoms with Crippen LogP contribution in [0.3, 0.4) is 0 Å². The number of piperidine rings is 1. The van der Waals surface area contributed by atoms with Crippen LogP contribution in [-0.2, 0) is 4.79 Å². The number of carbonyl (C=O) groups is 1. The summed E-state index contributed by atoms with van der Waals surface area (Å²) in [6.07, 6.45) is 1.82. The number of methoxy groups -OCH3 is 1. The molecule has 0 spiro atoms. The molecule has 1 fully saturated rings. The first-order valence-electron chi connectivity index (χ1n) is 7.86. The van der Waals surface area contributed by atoms with Gasteiger partial charge in [-0.05, 0) is 30.2 Å². The Bertz CT molecular complexity index is 479. The Morgan fingerprint density at radius 3 is 2.23 bits per heavy atom. The first kappa shape index (κ1) is 16.6. The van der Waals surface area contributed by atoms with E-state index in [0.717, 1.165) is 24.3 Å². The summed E-state index contributed by atoms with van der Waals surface area (Å²) >= 11 is 0. The Hall–Kier alpha value is -1.75. The zero-order valence-electron chi connectivity index (χ0n) is 13.6. The van der Waals surface area contributed by atoms with Crippen LogP contribution in [0.2, 0.25) is 0 Å². The van der Waals surface area contributed by atoms with Gasteiger partial charge in [-0.2, -0.15) is 0 Å². The highest BCUT2D eigenvalue weighted by molar-refractivity contribution is 5.82. The molecule has 5 heteroatoms. The van der Waals surface area contributed by atoms with Gasteiger partial charge in [0.1, 0.15) is 17.6 Å². The average Bonchev–Trinajstić information content (AvgIpc) is 2.55. The van der Waals surface area contributed by atoms with E-state index in [2.05, 4.69) is 0 Å². The average molecular weight is 306 g/mol. The monoisotopic (exact) mass is 306 g/mol. The van der Waals surface area contributed by atoms with Gasteiger partial charge in [-0.3, -0.25) is 4.79 Å². The molecule has 0 aromatic heterocycles. The van der Waals surface area contributed by atoms with Gasteiger partial charge in [-0.25, -0.2) is 0 Å². The molecule has 0 bridgehead atoms. The second-order valence-corrected chi connectivity index (χ2v) is 6.09. The Labute approximate surface area is 132 Å². The van der Waals surface area contributed by atoms with Crippen molar-refractivity contribution in [1.29, 1.82) is 0 Å². The van der Waals surface area contributed by atoms with Gasteiger partial charge in [0.05, 0.1) is 13.2 Å². The standard InChI is InChI=1S/C17H26N2O3/c1-12(2)16(18)17(20)19-10-8-15(9-11-19)22-14-6-4-13(21-3)5-7-14/h4-7,12,15-16H,8-11,18H2,1-3H3/t16-/m0/s1. The Morgan fingerprint density at radius 2 is 1.73 bits per heavy atom. The van der Waals surface area contributed by atoms with Gasteiger partial charge in [0.15, 0.2) is 0 Å². The van der Waals surface area contributed by atoms with Gasteiger partial charge < -0.3 is 20.1 Å². The minimum Gasteiger partial charge on any atom is -0.497 e. The first-order valence-corrected chi connectivity index (χ1v) is 7.86. The molecule has 0 saturated carbocycles. The lowest BCUT2D eigenvalue weighted by Crippen LogP contribution is -2.50. The fourth-order valence-corrected chi connectivity index (χ4v) is 2.54. The van der Waals surface area contributed by atoms with Crippen LogP contribution < -0.4 is 15.2 Å². The van der Waals surface area contributed by atoms with E-state index in [1.165, 1.54) is 0 Å². The van der Waals surface area contributed by atoms with Crippen molar-refractivity contribution in [1.82, 2.24) is 4.90 Å². The molecule has 5 nitrogen and oxygen atoms in total. The number of amides is 1. The lowest BCUT2D eigenvalue weighted by Gasteiger charge is -2.34. The number of nitrogens with zero attached hydrogens (tertiary/aromatic N) is 1. The molecule has 2 N–H and O–H groups in total. The summed E-state index contributed by atoms with van der Waals surface area (Å²) in [5.41, 5.74) is 5.94. The first-order chi connectivity index (χ1) is 10.5. The van der Waals surface area contributed by atoms with E-state index in [0.29, 0.717) is 13.1 Å². The zero-order chi connectivity index (χ0) is 16.1. The van der Waals surface area contributed by atoms with Crippen molar-refractivity contribution in [3.63, 3.8) is 0 Å². The molecule has 0 aliphatic carbocycles. The molecule has 1 aromatic carbocycles. The van der Waals surface area contributed by atoms with E-state index in [4.69, 9.17) is 15.2 Å². The van der Waals surface area contributed by atoms with E-state index in [1.807, 2.05) is 43.0 Å². The molecule has 1 atom stereocenters. The third-order valence-electron chi connectivity index (χ3n) is 4.12. The van der Waals surface area contributed by atoms with Gasteiger partial charge in [-0.1, -0.05) is 13.8 Å². The van der Waals surface area contributed by atoms with Crippen LogP contribution in [0.15, 0.2) is 24.3 Å². The van der Waals surface area contributed by atoms with Crippen LogP contribution in [0, 0.1) is 5.92 Å². The van der Waals surface area contributed by atoms with E-state index >= 15 is 0 Å². The predicted molar refractivity (Wildman–Crippen MR) is 86.0 cm³/mol. The second kappa shape index (κ2) is 7.49. The second-order valence-electron chi connectivity index (χ2n) is 6.09. The van der Waals surface area contributed by atoms with Crippen molar-refractivity contribution in [2.24, 2.45) is 11.7 Å². The normalized spacial score (nSPS) is 17.4. The highest BCUT2D eigenvalue weighted by atomic mass is 16.5. The lowest BCUT2D eigenvalue weighted by molar-refractivity contribution is -0.135. The van der Waals surface area contributed by atoms with Gasteiger partial charge in [-0.15, -0.1) is 0 Å². The highest BCUT2D eigenvalue weighted by Gasteiger charge is 2.28. The number of likely N-dealkylation sites (tertiary alicyclic amines) is 1. The summed E-state index contributed by atoms with van der Waals surface area (Å²) in [5, 5.41) is 0. The van der Waals surface area contributed by atoms with Gasteiger partial charge >= 0.3 is 0 Å².